The van der Waals surface area contributed by atoms with Gasteiger partial charge in [-0.1, -0.05) is 38.8 Å². The molecular formula is C24H44IN5O2. The summed E-state index contributed by atoms with van der Waals surface area (Å²) in [5, 5.41) is 10.4. The van der Waals surface area contributed by atoms with E-state index in [1.165, 1.54) is 18.4 Å². The Morgan fingerprint density at radius 3 is 2.38 bits per heavy atom. The normalized spacial score (nSPS) is 15.8. The van der Waals surface area contributed by atoms with Crippen LogP contribution in [0.1, 0.15) is 39.2 Å². The zero-order chi connectivity index (χ0) is 22.3. The molecule has 0 aromatic heterocycles. The first kappa shape index (κ1) is 28.9. The lowest BCUT2D eigenvalue weighted by Crippen LogP contribution is -2.53. The smallest absolute Gasteiger partial charge is 0.191 e. The van der Waals surface area contributed by atoms with Crippen LogP contribution in [0.15, 0.2) is 29.3 Å². The van der Waals surface area contributed by atoms with Crippen molar-refractivity contribution >= 4 is 35.6 Å². The van der Waals surface area contributed by atoms with Crippen molar-refractivity contribution < 1.29 is 9.47 Å². The van der Waals surface area contributed by atoms with Crippen molar-refractivity contribution in [1.29, 1.82) is 0 Å². The zero-order valence-corrected chi connectivity index (χ0v) is 22.7. The van der Waals surface area contributed by atoms with E-state index >= 15 is 0 Å². The number of halogens is 1. The van der Waals surface area contributed by atoms with Crippen molar-refractivity contribution in [2.75, 3.05) is 65.0 Å². The number of hydrogen-bond donors (Lipinski definition) is 3. The molecule has 1 unspecified atom stereocenters. The summed E-state index contributed by atoms with van der Waals surface area (Å²) in [5.74, 6) is 1.56. The number of nitrogens with one attached hydrogen (secondary N) is 3. The van der Waals surface area contributed by atoms with Crippen molar-refractivity contribution in [2.24, 2.45) is 10.9 Å². The maximum absolute atomic E-state index is 5.58. The Kier molecular flexibility index (Phi) is 15.7. The van der Waals surface area contributed by atoms with E-state index in [-0.39, 0.29) is 24.0 Å². The largest absolute Gasteiger partial charge is 0.383 e. The maximum Gasteiger partial charge on any atom is 0.191 e. The molecule has 1 aromatic carbocycles. The number of benzene rings is 1. The fraction of sp³-hybridized carbons (Fsp3) is 0.708. The van der Waals surface area contributed by atoms with Crippen LogP contribution in [0.3, 0.4) is 0 Å². The molecule has 0 saturated carbocycles. The zero-order valence-electron chi connectivity index (χ0n) is 20.4. The molecule has 0 amide bonds. The van der Waals surface area contributed by atoms with Gasteiger partial charge in [-0.3, -0.25) is 4.90 Å². The molecule has 0 bridgehead atoms. The number of guanidine groups is 1. The summed E-state index contributed by atoms with van der Waals surface area (Å²) in [7, 11) is 1.71. The molecular weight excluding hydrogens is 517 g/mol. The van der Waals surface area contributed by atoms with Gasteiger partial charge in [0.1, 0.15) is 0 Å². The van der Waals surface area contributed by atoms with E-state index in [1.807, 2.05) is 0 Å². The second-order valence-electron chi connectivity index (χ2n) is 7.98. The predicted molar refractivity (Wildman–Crippen MR) is 145 cm³/mol. The van der Waals surface area contributed by atoms with Crippen molar-refractivity contribution in [1.82, 2.24) is 15.5 Å². The summed E-state index contributed by atoms with van der Waals surface area (Å²) in [6.45, 7) is 14.3. The molecule has 1 aliphatic rings. The van der Waals surface area contributed by atoms with Gasteiger partial charge in [-0.15, -0.1) is 24.0 Å². The van der Waals surface area contributed by atoms with Crippen LogP contribution in [0, 0.1) is 5.92 Å². The highest BCUT2D eigenvalue weighted by Gasteiger charge is 2.26. The number of rotatable bonds is 13. The summed E-state index contributed by atoms with van der Waals surface area (Å²) in [6, 6.07) is 8.96. The van der Waals surface area contributed by atoms with Gasteiger partial charge in [-0.2, -0.15) is 0 Å². The molecule has 3 N–H and O–H groups in total. The standard InChI is InChI=1S/C24H43N5O2.HI/c1-5-21(6-2)23(29-13-16-31-17-14-29)19-28-24(25-7-3)27-18-20-8-10-22(11-9-20)26-12-15-30-4;/h8-11,21,23,26H,5-7,12-19H2,1-4H3,(H2,25,27,28);1H. The first-order chi connectivity index (χ1) is 15.2. The predicted octanol–water partition coefficient (Wildman–Crippen LogP) is 3.56. The third-order valence-electron chi connectivity index (χ3n) is 5.94. The molecule has 1 heterocycles. The molecule has 2 rings (SSSR count). The topological polar surface area (TPSA) is 70.2 Å². The SMILES string of the molecule is CCNC(=NCc1ccc(NCCOC)cc1)NCC(C(CC)CC)N1CCOCC1.I. The molecule has 7 nitrogen and oxygen atoms in total. The molecule has 0 spiro atoms. The van der Waals surface area contributed by atoms with Crippen molar-refractivity contribution in [3.8, 4) is 0 Å². The summed E-state index contributed by atoms with van der Waals surface area (Å²) >= 11 is 0. The Labute approximate surface area is 212 Å². The van der Waals surface area contributed by atoms with Crippen LogP contribution in [0.5, 0.6) is 0 Å². The lowest BCUT2D eigenvalue weighted by molar-refractivity contribution is 0.00272. The minimum atomic E-state index is 0. The van der Waals surface area contributed by atoms with Crippen molar-refractivity contribution in [2.45, 2.75) is 46.2 Å². The van der Waals surface area contributed by atoms with Gasteiger partial charge in [0.05, 0.1) is 26.4 Å². The molecule has 1 atom stereocenters. The monoisotopic (exact) mass is 561 g/mol. The third-order valence-corrected chi connectivity index (χ3v) is 5.94. The van der Waals surface area contributed by atoms with Gasteiger partial charge in [0.15, 0.2) is 5.96 Å². The molecule has 32 heavy (non-hydrogen) atoms. The third kappa shape index (κ3) is 10.2. The molecule has 1 aliphatic heterocycles. The molecule has 0 aliphatic carbocycles. The van der Waals surface area contributed by atoms with E-state index in [0.29, 0.717) is 25.1 Å². The molecule has 1 saturated heterocycles. The second kappa shape index (κ2) is 17.4. The Morgan fingerprint density at radius 1 is 1.09 bits per heavy atom. The van der Waals surface area contributed by atoms with Gasteiger partial charge in [-0.25, -0.2) is 4.99 Å². The number of methoxy groups -OCH3 is 1. The second-order valence-corrected chi connectivity index (χ2v) is 7.98. The molecule has 184 valence electrons. The maximum atomic E-state index is 5.58. The van der Waals surface area contributed by atoms with E-state index in [0.717, 1.165) is 57.6 Å². The van der Waals surface area contributed by atoms with Crippen LogP contribution in [-0.2, 0) is 16.0 Å². The summed E-state index contributed by atoms with van der Waals surface area (Å²) in [4.78, 5) is 7.42. The Morgan fingerprint density at radius 2 is 1.78 bits per heavy atom. The number of morpholine rings is 1. The van der Waals surface area contributed by atoms with Gasteiger partial charge < -0.3 is 25.4 Å². The highest BCUT2D eigenvalue weighted by molar-refractivity contribution is 14.0. The quantitative estimate of drug-likeness (QED) is 0.148. The van der Waals surface area contributed by atoms with E-state index in [4.69, 9.17) is 14.5 Å². The Bertz CT molecular complexity index is 619. The average molecular weight is 562 g/mol. The van der Waals surface area contributed by atoms with Crippen LogP contribution in [0.2, 0.25) is 0 Å². The van der Waals surface area contributed by atoms with Gasteiger partial charge in [0.25, 0.3) is 0 Å². The van der Waals surface area contributed by atoms with Gasteiger partial charge >= 0.3 is 0 Å². The summed E-state index contributed by atoms with van der Waals surface area (Å²) in [5.41, 5.74) is 2.30. The van der Waals surface area contributed by atoms with Gasteiger partial charge in [0.2, 0.25) is 0 Å². The fourth-order valence-electron chi connectivity index (χ4n) is 4.07. The molecule has 1 aromatic rings. The first-order valence-electron chi connectivity index (χ1n) is 11.9. The number of nitrogens with zero attached hydrogens (tertiary/aromatic N) is 2. The van der Waals surface area contributed by atoms with Crippen LogP contribution < -0.4 is 16.0 Å². The minimum Gasteiger partial charge on any atom is -0.383 e. The molecule has 8 heteroatoms. The van der Waals surface area contributed by atoms with Gasteiger partial charge in [0, 0.05) is 51.6 Å². The Hall–Kier alpha value is -1.10. The van der Waals surface area contributed by atoms with Crippen LogP contribution >= 0.6 is 24.0 Å². The molecule has 1 fully saturated rings. The lowest BCUT2D eigenvalue weighted by atomic mass is 9.92. The van der Waals surface area contributed by atoms with Crippen LogP contribution in [0.25, 0.3) is 0 Å². The van der Waals surface area contributed by atoms with Crippen LogP contribution in [0.4, 0.5) is 5.69 Å². The first-order valence-corrected chi connectivity index (χ1v) is 11.9. The average Bonchev–Trinajstić information content (AvgIpc) is 2.81. The van der Waals surface area contributed by atoms with E-state index in [1.54, 1.807) is 7.11 Å². The Balaban J connectivity index is 0.00000512. The fourth-order valence-corrected chi connectivity index (χ4v) is 4.07. The minimum absolute atomic E-state index is 0. The van der Waals surface area contributed by atoms with Gasteiger partial charge in [-0.05, 0) is 30.5 Å². The summed E-state index contributed by atoms with van der Waals surface area (Å²) < 4.78 is 10.7. The highest BCUT2D eigenvalue weighted by atomic mass is 127. The van der Waals surface area contributed by atoms with E-state index in [9.17, 15) is 0 Å². The van der Waals surface area contributed by atoms with E-state index < -0.39 is 0 Å². The molecule has 0 radical (unpaired) electrons. The highest BCUT2D eigenvalue weighted by Crippen LogP contribution is 2.19. The number of aliphatic imine (C=N–C) groups is 1. The number of anilines is 1. The van der Waals surface area contributed by atoms with Crippen LogP contribution in [-0.4, -0.2) is 76.6 Å². The number of ether oxygens (including phenoxy) is 2. The number of hydrogen-bond acceptors (Lipinski definition) is 5. The van der Waals surface area contributed by atoms with E-state index in [2.05, 4.69) is 65.9 Å². The van der Waals surface area contributed by atoms with Crippen molar-refractivity contribution in [3.05, 3.63) is 29.8 Å². The van der Waals surface area contributed by atoms with Crippen molar-refractivity contribution in [3.63, 3.8) is 0 Å². The lowest BCUT2D eigenvalue weighted by Gasteiger charge is -2.39. The summed E-state index contributed by atoms with van der Waals surface area (Å²) in [6.07, 6.45) is 2.39.